The van der Waals surface area contributed by atoms with Gasteiger partial charge in [-0.05, 0) is 41.8 Å². The molecule has 1 atom stereocenters. The lowest BCUT2D eigenvalue weighted by molar-refractivity contribution is -0.131. The van der Waals surface area contributed by atoms with Gasteiger partial charge in [-0.1, -0.05) is 47.6 Å². The van der Waals surface area contributed by atoms with E-state index >= 15 is 0 Å². The highest BCUT2D eigenvalue weighted by molar-refractivity contribution is 5.95. The molecule has 1 aliphatic heterocycles. The fourth-order valence-electron chi connectivity index (χ4n) is 3.78. The summed E-state index contributed by atoms with van der Waals surface area (Å²) in [4.78, 5) is 29.2. The first kappa shape index (κ1) is 22.6. The summed E-state index contributed by atoms with van der Waals surface area (Å²) in [5.41, 5.74) is 2.22. The number of rotatable bonds is 7. The molecule has 0 saturated carbocycles. The van der Waals surface area contributed by atoms with Gasteiger partial charge in [0.1, 0.15) is 18.1 Å². The summed E-state index contributed by atoms with van der Waals surface area (Å²) < 4.78 is 24.3. The standard InChI is InChI=1S/C24H25FN4O4/c1-17-23(27-33-26-17)24(31)29-14-21(32-16-19-8-5-9-20(25)12-19)13-28(22(30)15-29)11-10-18-6-3-2-4-7-18/h2-9,12,21H,10-11,13-16H2,1H3. The Morgan fingerprint density at radius 3 is 2.64 bits per heavy atom. The van der Waals surface area contributed by atoms with Crippen molar-refractivity contribution in [1.29, 1.82) is 0 Å². The number of carbonyl (C=O) groups excluding carboxylic acids is 2. The molecule has 0 bridgehead atoms. The number of halogens is 1. The Labute approximate surface area is 190 Å². The topological polar surface area (TPSA) is 88.8 Å². The molecule has 1 aliphatic rings. The van der Waals surface area contributed by atoms with Gasteiger partial charge < -0.3 is 14.5 Å². The van der Waals surface area contributed by atoms with Gasteiger partial charge in [-0.3, -0.25) is 9.59 Å². The lowest BCUT2D eigenvalue weighted by Crippen LogP contribution is -2.40. The van der Waals surface area contributed by atoms with E-state index in [2.05, 4.69) is 14.9 Å². The van der Waals surface area contributed by atoms with Crippen molar-refractivity contribution in [2.75, 3.05) is 26.2 Å². The average molecular weight is 452 g/mol. The average Bonchev–Trinajstić information content (AvgIpc) is 3.17. The number of amides is 2. The Kier molecular flexibility index (Phi) is 7.09. The smallest absolute Gasteiger partial charge is 0.278 e. The van der Waals surface area contributed by atoms with Crippen molar-refractivity contribution in [3.05, 3.63) is 82.9 Å². The Hall–Kier alpha value is -3.59. The number of ether oxygens (including phenoxy) is 1. The number of aryl methyl sites for hydroxylation is 1. The van der Waals surface area contributed by atoms with Crippen LogP contribution in [0.5, 0.6) is 0 Å². The quantitative estimate of drug-likeness (QED) is 0.548. The van der Waals surface area contributed by atoms with Crippen molar-refractivity contribution in [2.24, 2.45) is 0 Å². The third kappa shape index (κ3) is 5.81. The molecule has 33 heavy (non-hydrogen) atoms. The van der Waals surface area contributed by atoms with Crippen molar-refractivity contribution in [1.82, 2.24) is 20.1 Å². The van der Waals surface area contributed by atoms with Crippen LogP contribution in [0, 0.1) is 12.7 Å². The van der Waals surface area contributed by atoms with Crippen molar-refractivity contribution in [2.45, 2.75) is 26.1 Å². The molecule has 0 N–H and O–H groups in total. The Bertz CT molecular complexity index is 1100. The summed E-state index contributed by atoms with van der Waals surface area (Å²) in [6.45, 7) is 2.69. The second kappa shape index (κ2) is 10.4. The molecule has 8 nitrogen and oxygen atoms in total. The zero-order chi connectivity index (χ0) is 23.2. The first-order valence-electron chi connectivity index (χ1n) is 10.8. The van der Waals surface area contributed by atoms with E-state index in [4.69, 9.17) is 4.74 Å². The van der Waals surface area contributed by atoms with Crippen LogP contribution in [0.4, 0.5) is 4.39 Å². The van der Waals surface area contributed by atoms with Gasteiger partial charge in [0.15, 0.2) is 5.69 Å². The van der Waals surface area contributed by atoms with Crippen LogP contribution in [0.1, 0.15) is 27.3 Å². The van der Waals surface area contributed by atoms with Crippen LogP contribution >= 0.6 is 0 Å². The zero-order valence-electron chi connectivity index (χ0n) is 18.3. The summed E-state index contributed by atoms with van der Waals surface area (Å²) in [6.07, 6.45) is 0.225. The normalized spacial score (nSPS) is 16.7. The predicted octanol–water partition coefficient (Wildman–Crippen LogP) is 2.63. The van der Waals surface area contributed by atoms with E-state index in [1.807, 2.05) is 30.3 Å². The molecule has 4 rings (SSSR count). The minimum atomic E-state index is -0.459. The van der Waals surface area contributed by atoms with Crippen molar-refractivity contribution in [3.63, 3.8) is 0 Å². The summed E-state index contributed by atoms with van der Waals surface area (Å²) in [7, 11) is 0. The second-order valence-corrected chi connectivity index (χ2v) is 8.02. The molecular weight excluding hydrogens is 427 g/mol. The van der Waals surface area contributed by atoms with E-state index < -0.39 is 12.0 Å². The van der Waals surface area contributed by atoms with E-state index in [-0.39, 0.29) is 37.1 Å². The summed E-state index contributed by atoms with van der Waals surface area (Å²) in [5, 5.41) is 7.35. The molecule has 0 radical (unpaired) electrons. The van der Waals surface area contributed by atoms with Gasteiger partial charge in [-0.2, -0.15) is 0 Å². The third-order valence-electron chi connectivity index (χ3n) is 5.56. The Morgan fingerprint density at radius 2 is 1.91 bits per heavy atom. The molecular formula is C24H25FN4O4. The zero-order valence-corrected chi connectivity index (χ0v) is 18.3. The third-order valence-corrected chi connectivity index (χ3v) is 5.56. The van der Waals surface area contributed by atoms with E-state index in [0.29, 0.717) is 30.8 Å². The number of hydrogen-bond acceptors (Lipinski definition) is 6. The fraction of sp³-hybridized carbons (Fsp3) is 0.333. The first-order chi connectivity index (χ1) is 16.0. The first-order valence-corrected chi connectivity index (χ1v) is 10.8. The van der Waals surface area contributed by atoms with Crippen LogP contribution in [0.15, 0.2) is 59.2 Å². The monoisotopic (exact) mass is 452 g/mol. The molecule has 3 aromatic rings. The van der Waals surface area contributed by atoms with Crippen LogP contribution < -0.4 is 0 Å². The summed E-state index contributed by atoms with van der Waals surface area (Å²) >= 11 is 0. The number of aromatic nitrogens is 2. The predicted molar refractivity (Wildman–Crippen MR) is 117 cm³/mol. The van der Waals surface area contributed by atoms with Gasteiger partial charge in [0.2, 0.25) is 5.91 Å². The maximum absolute atomic E-state index is 13.6. The molecule has 1 aromatic heterocycles. The molecule has 0 spiro atoms. The maximum atomic E-state index is 13.6. The van der Waals surface area contributed by atoms with Crippen LogP contribution in [0.3, 0.4) is 0 Å². The highest BCUT2D eigenvalue weighted by Crippen LogP contribution is 2.16. The molecule has 2 aromatic carbocycles. The molecule has 0 aliphatic carbocycles. The summed E-state index contributed by atoms with van der Waals surface area (Å²) in [6, 6.07) is 16.0. The molecule has 1 saturated heterocycles. The second-order valence-electron chi connectivity index (χ2n) is 8.02. The van der Waals surface area contributed by atoms with Gasteiger partial charge in [0.25, 0.3) is 5.91 Å². The van der Waals surface area contributed by atoms with Crippen molar-refractivity contribution in [3.8, 4) is 0 Å². The van der Waals surface area contributed by atoms with Crippen LogP contribution in [-0.4, -0.2) is 64.2 Å². The lowest BCUT2D eigenvalue weighted by Gasteiger charge is -2.25. The van der Waals surface area contributed by atoms with Crippen molar-refractivity contribution < 1.29 is 23.3 Å². The molecule has 2 heterocycles. The SMILES string of the molecule is Cc1nonc1C(=O)N1CC(=O)N(CCc2ccccc2)CC(OCc2cccc(F)c2)C1. The van der Waals surface area contributed by atoms with E-state index in [1.54, 1.807) is 24.0 Å². The van der Waals surface area contributed by atoms with Crippen LogP contribution in [0.2, 0.25) is 0 Å². The van der Waals surface area contributed by atoms with Gasteiger partial charge in [-0.15, -0.1) is 0 Å². The van der Waals surface area contributed by atoms with E-state index in [1.165, 1.54) is 17.0 Å². The number of benzene rings is 2. The van der Waals surface area contributed by atoms with E-state index in [0.717, 1.165) is 5.56 Å². The Balaban J connectivity index is 1.50. The number of carbonyl (C=O) groups is 2. The molecule has 9 heteroatoms. The largest absolute Gasteiger partial charge is 0.370 e. The molecule has 172 valence electrons. The highest BCUT2D eigenvalue weighted by atomic mass is 19.1. The van der Waals surface area contributed by atoms with Crippen molar-refractivity contribution >= 4 is 11.8 Å². The molecule has 2 amide bonds. The maximum Gasteiger partial charge on any atom is 0.278 e. The van der Waals surface area contributed by atoms with Gasteiger partial charge >= 0.3 is 0 Å². The number of hydrogen-bond donors (Lipinski definition) is 0. The van der Waals surface area contributed by atoms with E-state index in [9.17, 15) is 14.0 Å². The summed E-state index contributed by atoms with van der Waals surface area (Å²) in [5.74, 6) is -0.959. The highest BCUT2D eigenvalue weighted by Gasteiger charge is 2.33. The van der Waals surface area contributed by atoms with Gasteiger partial charge in [-0.25, -0.2) is 9.02 Å². The van der Waals surface area contributed by atoms with Gasteiger partial charge in [0, 0.05) is 19.6 Å². The molecule has 1 fully saturated rings. The minimum absolute atomic E-state index is 0.0735. The minimum Gasteiger partial charge on any atom is -0.370 e. The van der Waals surface area contributed by atoms with Crippen LogP contribution in [-0.2, 0) is 22.6 Å². The lowest BCUT2D eigenvalue weighted by atomic mass is 10.1. The van der Waals surface area contributed by atoms with Gasteiger partial charge in [0.05, 0.1) is 12.7 Å². The van der Waals surface area contributed by atoms with Crippen LogP contribution in [0.25, 0.3) is 0 Å². The number of nitrogens with zero attached hydrogens (tertiary/aromatic N) is 4. The fourth-order valence-corrected chi connectivity index (χ4v) is 3.78. The Morgan fingerprint density at radius 1 is 1.12 bits per heavy atom. The molecule has 1 unspecified atom stereocenters.